The summed E-state index contributed by atoms with van der Waals surface area (Å²) in [6.07, 6.45) is 0.321. The molecule has 4 N–H and O–H groups in total. The fourth-order valence-corrected chi connectivity index (χ4v) is 3.49. The van der Waals surface area contributed by atoms with Crippen LogP contribution < -0.4 is 16.4 Å². The van der Waals surface area contributed by atoms with Crippen LogP contribution in [0.4, 0.5) is 11.4 Å². The fraction of sp³-hybridized carbons (Fsp3) is 0.150. The van der Waals surface area contributed by atoms with E-state index < -0.39 is 0 Å². The Bertz CT molecular complexity index is 833. The molecule has 1 atom stereocenters. The van der Waals surface area contributed by atoms with Gasteiger partial charge in [0.1, 0.15) is 0 Å². The minimum absolute atomic E-state index is 0.0506. The number of nitrogens with two attached hydrogens (primary N) is 1. The molecule has 0 aliphatic carbocycles. The van der Waals surface area contributed by atoms with Crippen molar-refractivity contribution < 1.29 is 4.79 Å². The number of benzene rings is 2. The van der Waals surface area contributed by atoms with Crippen LogP contribution in [0.3, 0.4) is 0 Å². The number of rotatable bonds is 7. The number of hydrogen-bond acceptors (Lipinski definition) is 4. The van der Waals surface area contributed by atoms with E-state index in [2.05, 4.69) is 10.6 Å². The van der Waals surface area contributed by atoms with E-state index in [-0.39, 0.29) is 11.9 Å². The van der Waals surface area contributed by atoms with Gasteiger partial charge in [-0.25, -0.2) is 0 Å². The second-order valence-corrected chi connectivity index (χ2v) is 7.29. The van der Waals surface area contributed by atoms with Crippen molar-refractivity contribution in [3.05, 3.63) is 81.5 Å². The number of nitrogens with one attached hydrogen (secondary N) is 2. The largest absolute Gasteiger partial charge is 0.377 e. The number of halogens is 1. The first kappa shape index (κ1) is 18.5. The van der Waals surface area contributed by atoms with Crippen molar-refractivity contribution in [2.45, 2.75) is 19.0 Å². The second kappa shape index (κ2) is 8.85. The molecule has 0 spiro atoms. The summed E-state index contributed by atoms with van der Waals surface area (Å²) >= 11 is 7.57. The summed E-state index contributed by atoms with van der Waals surface area (Å²) < 4.78 is 0. The van der Waals surface area contributed by atoms with E-state index in [1.54, 1.807) is 11.3 Å². The quantitative estimate of drug-likeness (QED) is 0.533. The van der Waals surface area contributed by atoms with Gasteiger partial charge in [-0.05, 0) is 53.4 Å². The smallest absolute Gasteiger partial charge is 0.226 e. The van der Waals surface area contributed by atoms with Gasteiger partial charge in [-0.1, -0.05) is 29.8 Å². The van der Waals surface area contributed by atoms with E-state index in [1.807, 2.05) is 66.0 Å². The van der Waals surface area contributed by atoms with Crippen molar-refractivity contribution in [3.63, 3.8) is 0 Å². The zero-order valence-corrected chi connectivity index (χ0v) is 15.7. The van der Waals surface area contributed by atoms with E-state index in [4.69, 9.17) is 17.3 Å². The Labute approximate surface area is 162 Å². The van der Waals surface area contributed by atoms with Gasteiger partial charge in [0.15, 0.2) is 0 Å². The highest BCUT2D eigenvalue weighted by Gasteiger charge is 2.17. The summed E-state index contributed by atoms with van der Waals surface area (Å²) in [6.45, 7) is 0.486. The minimum Gasteiger partial charge on any atom is -0.377 e. The van der Waals surface area contributed by atoms with E-state index in [0.717, 1.165) is 21.8 Å². The molecule has 1 heterocycles. The van der Waals surface area contributed by atoms with Crippen molar-refractivity contribution in [3.8, 4) is 0 Å². The van der Waals surface area contributed by atoms with Crippen LogP contribution in [0.1, 0.15) is 22.9 Å². The third kappa shape index (κ3) is 5.08. The minimum atomic E-state index is -0.112. The topological polar surface area (TPSA) is 67.1 Å². The highest BCUT2D eigenvalue weighted by atomic mass is 35.5. The highest BCUT2D eigenvalue weighted by molar-refractivity contribution is 7.10. The summed E-state index contributed by atoms with van der Waals surface area (Å²) in [5.74, 6) is -0.0506. The Morgan fingerprint density at radius 2 is 1.73 bits per heavy atom. The molecular formula is C20H20ClN3OS. The molecule has 1 amide bonds. The van der Waals surface area contributed by atoms with Gasteiger partial charge in [0.25, 0.3) is 0 Å². The second-order valence-electron chi connectivity index (χ2n) is 5.87. The molecule has 4 nitrogen and oxygen atoms in total. The SMILES string of the molecule is NCc1ccc(NC(=O)CC(Nc2ccc(Cl)cc2)c2cccs2)cc1. The molecule has 2 aromatic carbocycles. The van der Waals surface area contributed by atoms with Crippen LogP contribution in [0.25, 0.3) is 0 Å². The molecule has 134 valence electrons. The van der Waals surface area contributed by atoms with E-state index in [9.17, 15) is 4.79 Å². The third-order valence-electron chi connectivity index (χ3n) is 3.93. The Morgan fingerprint density at radius 3 is 2.35 bits per heavy atom. The maximum Gasteiger partial charge on any atom is 0.226 e. The summed E-state index contributed by atoms with van der Waals surface area (Å²) in [5.41, 5.74) is 8.32. The van der Waals surface area contributed by atoms with Crippen molar-refractivity contribution in [2.24, 2.45) is 5.73 Å². The molecular weight excluding hydrogens is 366 g/mol. The van der Waals surface area contributed by atoms with Gasteiger partial charge in [-0.2, -0.15) is 0 Å². The molecule has 0 aliphatic rings. The van der Waals surface area contributed by atoms with Crippen LogP contribution in [0, 0.1) is 0 Å². The van der Waals surface area contributed by atoms with Crippen molar-refractivity contribution in [1.82, 2.24) is 0 Å². The summed E-state index contributed by atoms with van der Waals surface area (Å²) in [5, 5.41) is 9.05. The average molecular weight is 386 g/mol. The predicted octanol–water partition coefficient (Wildman–Crippen LogP) is 5.04. The maximum atomic E-state index is 12.5. The molecule has 26 heavy (non-hydrogen) atoms. The summed E-state index contributed by atoms with van der Waals surface area (Å²) in [7, 11) is 0. The average Bonchev–Trinajstić information content (AvgIpc) is 3.18. The zero-order chi connectivity index (χ0) is 18.4. The zero-order valence-electron chi connectivity index (χ0n) is 14.1. The number of carbonyl (C=O) groups is 1. The Kier molecular flexibility index (Phi) is 6.28. The monoisotopic (exact) mass is 385 g/mol. The Hall–Kier alpha value is -2.34. The fourth-order valence-electron chi connectivity index (χ4n) is 2.58. The molecule has 0 saturated carbocycles. The molecule has 3 rings (SSSR count). The van der Waals surface area contributed by atoms with Crippen LogP contribution in [0.15, 0.2) is 66.0 Å². The Balaban J connectivity index is 1.68. The standard InChI is InChI=1S/C20H20ClN3OS/c21-15-5-9-16(10-6-15)23-18(19-2-1-11-26-19)12-20(25)24-17-7-3-14(13-22)4-8-17/h1-11,18,23H,12-13,22H2,(H,24,25). The number of amides is 1. The molecule has 0 aliphatic heterocycles. The van der Waals surface area contributed by atoms with E-state index in [1.165, 1.54) is 0 Å². The number of thiophene rings is 1. The van der Waals surface area contributed by atoms with Crippen LogP contribution in [-0.2, 0) is 11.3 Å². The first-order valence-corrected chi connectivity index (χ1v) is 9.54. The number of carbonyl (C=O) groups excluding carboxylic acids is 1. The van der Waals surface area contributed by atoms with Gasteiger partial charge in [0, 0.05) is 27.8 Å². The van der Waals surface area contributed by atoms with Crippen LogP contribution in [-0.4, -0.2) is 5.91 Å². The number of hydrogen-bond donors (Lipinski definition) is 3. The van der Waals surface area contributed by atoms with Gasteiger partial charge in [-0.15, -0.1) is 11.3 Å². The molecule has 6 heteroatoms. The highest BCUT2D eigenvalue weighted by Crippen LogP contribution is 2.27. The van der Waals surface area contributed by atoms with Crippen molar-refractivity contribution in [2.75, 3.05) is 10.6 Å². The van der Waals surface area contributed by atoms with Crippen LogP contribution in [0.5, 0.6) is 0 Å². The number of anilines is 2. The Morgan fingerprint density at radius 1 is 1.04 bits per heavy atom. The molecule has 3 aromatic rings. The first-order chi connectivity index (χ1) is 12.6. The third-order valence-corrected chi connectivity index (χ3v) is 5.17. The molecule has 0 saturated heterocycles. The van der Waals surface area contributed by atoms with Crippen molar-refractivity contribution in [1.29, 1.82) is 0 Å². The molecule has 1 unspecified atom stereocenters. The maximum absolute atomic E-state index is 12.5. The lowest BCUT2D eigenvalue weighted by atomic mass is 10.1. The molecule has 0 fully saturated rings. The molecule has 0 radical (unpaired) electrons. The summed E-state index contributed by atoms with van der Waals surface area (Å²) in [4.78, 5) is 13.6. The van der Waals surface area contributed by atoms with E-state index >= 15 is 0 Å². The van der Waals surface area contributed by atoms with Crippen LogP contribution in [0.2, 0.25) is 5.02 Å². The van der Waals surface area contributed by atoms with Gasteiger partial charge in [-0.3, -0.25) is 4.79 Å². The lowest BCUT2D eigenvalue weighted by molar-refractivity contribution is -0.116. The lowest BCUT2D eigenvalue weighted by Crippen LogP contribution is -2.19. The first-order valence-electron chi connectivity index (χ1n) is 8.28. The normalized spacial score (nSPS) is 11.8. The van der Waals surface area contributed by atoms with Crippen LogP contribution >= 0.6 is 22.9 Å². The predicted molar refractivity (Wildman–Crippen MR) is 110 cm³/mol. The summed E-state index contributed by atoms with van der Waals surface area (Å²) in [6, 6.07) is 18.9. The van der Waals surface area contributed by atoms with Gasteiger partial charge in [0.2, 0.25) is 5.91 Å². The molecule has 0 bridgehead atoms. The van der Waals surface area contributed by atoms with Crippen molar-refractivity contribution >= 4 is 40.2 Å². The van der Waals surface area contributed by atoms with E-state index in [0.29, 0.717) is 18.0 Å². The van der Waals surface area contributed by atoms with Gasteiger partial charge in [0.05, 0.1) is 12.5 Å². The van der Waals surface area contributed by atoms with Gasteiger partial charge >= 0.3 is 0 Å². The lowest BCUT2D eigenvalue weighted by Gasteiger charge is -2.19. The molecule has 1 aromatic heterocycles. The van der Waals surface area contributed by atoms with Gasteiger partial charge < -0.3 is 16.4 Å².